The van der Waals surface area contributed by atoms with Gasteiger partial charge in [-0.2, -0.15) is 8.42 Å². The van der Waals surface area contributed by atoms with E-state index in [0.717, 1.165) is 5.41 Å². The van der Waals surface area contributed by atoms with E-state index in [2.05, 4.69) is 6.58 Å². The minimum atomic E-state index is -3.97. The zero-order chi connectivity index (χ0) is 7.49. The van der Waals surface area contributed by atoms with Crippen LogP contribution in [0, 0.1) is 0 Å². The molecule has 5 heteroatoms. The van der Waals surface area contributed by atoms with E-state index in [-0.39, 0.29) is 52.8 Å². The number of hydrogen-bond donors (Lipinski definition) is 1. The van der Waals surface area contributed by atoms with Crippen LogP contribution in [0.2, 0.25) is 0 Å². The SMILES string of the molecule is C=CC(C)=CS(=O)(=O)O.[H-].[K+]. The van der Waals surface area contributed by atoms with Crippen molar-refractivity contribution in [2.45, 2.75) is 6.92 Å². The van der Waals surface area contributed by atoms with Gasteiger partial charge in [-0.25, -0.2) is 0 Å². The summed E-state index contributed by atoms with van der Waals surface area (Å²) in [4.78, 5) is 0. The van der Waals surface area contributed by atoms with Gasteiger partial charge in [-0.1, -0.05) is 12.7 Å². The quantitative estimate of drug-likeness (QED) is 0.312. The first-order chi connectivity index (χ1) is 3.95. The van der Waals surface area contributed by atoms with Crippen molar-refractivity contribution in [3.8, 4) is 0 Å². The molecule has 0 unspecified atom stereocenters. The van der Waals surface area contributed by atoms with Crippen LogP contribution in [-0.4, -0.2) is 13.0 Å². The molecule has 0 bridgehead atoms. The van der Waals surface area contributed by atoms with Gasteiger partial charge in [-0.3, -0.25) is 4.55 Å². The Balaban J connectivity index is -0.000000320. The van der Waals surface area contributed by atoms with Crippen molar-refractivity contribution in [1.82, 2.24) is 0 Å². The van der Waals surface area contributed by atoms with Crippen LogP contribution in [-0.2, 0) is 10.1 Å². The first-order valence-corrected chi connectivity index (χ1v) is 3.74. The summed E-state index contributed by atoms with van der Waals surface area (Å²) in [7, 11) is -3.97. The monoisotopic (exact) mass is 188 g/mol. The van der Waals surface area contributed by atoms with Crippen LogP contribution in [0.1, 0.15) is 8.35 Å². The zero-order valence-electron chi connectivity index (χ0n) is 7.03. The van der Waals surface area contributed by atoms with Crippen molar-refractivity contribution < 1.29 is 65.8 Å². The molecule has 0 spiro atoms. The Morgan fingerprint density at radius 2 is 2.10 bits per heavy atom. The third-order valence-electron chi connectivity index (χ3n) is 0.657. The summed E-state index contributed by atoms with van der Waals surface area (Å²) >= 11 is 0. The molecule has 0 saturated carbocycles. The summed E-state index contributed by atoms with van der Waals surface area (Å²) in [5, 5.41) is 0.736. The topological polar surface area (TPSA) is 54.4 Å². The summed E-state index contributed by atoms with van der Waals surface area (Å²) in [6.07, 6.45) is 1.34. The maximum absolute atomic E-state index is 10.0. The Bertz CT molecular complexity index is 232. The van der Waals surface area contributed by atoms with Gasteiger partial charge in [-0.05, 0) is 12.5 Å². The smallest absolute Gasteiger partial charge is 1.00 e. The van der Waals surface area contributed by atoms with E-state index in [9.17, 15) is 8.42 Å². The molecule has 0 radical (unpaired) electrons. The van der Waals surface area contributed by atoms with Crippen molar-refractivity contribution in [2.24, 2.45) is 0 Å². The molecule has 0 saturated heterocycles. The van der Waals surface area contributed by atoms with Crippen LogP contribution < -0.4 is 51.4 Å². The Morgan fingerprint density at radius 1 is 1.70 bits per heavy atom. The van der Waals surface area contributed by atoms with Gasteiger partial charge in [-0.15, -0.1) is 0 Å². The predicted molar refractivity (Wildman–Crippen MR) is 36.6 cm³/mol. The van der Waals surface area contributed by atoms with Crippen LogP contribution >= 0.6 is 0 Å². The molecule has 0 aliphatic carbocycles. The van der Waals surface area contributed by atoms with Crippen molar-refractivity contribution in [3.63, 3.8) is 0 Å². The third kappa shape index (κ3) is 9.03. The molecule has 0 amide bonds. The van der Waals surface area contributed by atoms with Gasteiger partial charge < -0.3 is 1.43 Å². The summed E-state index contributed by atoms with van der Waals surface area (Å²) in [5.74, 6) is 0. The molecule has 0 aliphatic heterocycles. The van der Waals surface area contributed by atoms with E-state index in [1.807, 2.05) is 0 Å². The van der Waals surface area contributed by atoms with E-state index < -0.39 is 10.1 Å². The molecule has 0 aromatic carbocycles. The number of rotatable bonds is 2. The molecule has 0 fully saturated rings. The molecular formula is C5H9KO3S. The average molecular weight is 188 g/mol. The van der Waals surface area contributed by atoms with Crippen LogP contribution in [0.15, 0.2) is 23.6 Å². The maximum atomic E-state index is 10.0. The van der Waals surface area contributed by atoms with Gasteiger partial charge in [0.25, 0.3) is 10.1 Å². The zero-order valence-corrected chi connectivity index (χ0v) is 9.97. The Labute approximate surface area is 105 Å². The van der Waals surface area contributed by atoms with E-state index >= 15 is 0 Å². The van der Waals surface area contributed by atoms with Crippen molar-refractivity contribution >= 4 is 10.1 Å². The van der Waals surface area contributed by atoms with Crippen LogP contribution in [0.25, 0.3) is 0 Å². The summed E-state index contributed by atoms with van der Waals surface area (Å²) in [6, 6.07) is 0. The second kappa shape index (κ2) is 5.65. The largest absolute Gasteiger partial charge is 1.00 e. The summed E-state index contributed by atoms with van der Waals surface area (Å²) in [5.41, 5.74) is 0.414. The molecule has 54 valence electrons. The van der Waals surface area contributed by atoms with Crippen LogP contribution in [0.5, 0.6) is 0 Å². The molecule has 0 aliphatic rings. The van der Waals surface area contributed by atoms with E-state index in [1.54, 1.807) is 0 Å². The van der Waals surface area contributed by atoms with Crippen molar-refractivity contribution in [3.05, 3.63) is 23.6 Å². The summed E-state index contributed by atoms with van der Waals surface area (Å²) in [6.45, 7) is 4.83. The van der Waals surface area contributed by atoms with E-state index in [0.29, 0.717) is 5.57 Å². The molecular weight excluding hydrogens is 179 g/mol. The molecule has 0 aromatic heterocycles. The predicted octanol–water partition coefficient (Wildman–Crippen LogP) is -1.92. The standard InChI is InChI=1S/C5H8O3S.K.H/c1-3-5(2)4-9(6,7)8;;/h3-4H,1H2,2H3,(H,6,7,8);;/q;+1;-1. The van der Waals surface area contributed by atoms with E-state index in [4.69, 9.17) is 4.55 Å². The molecule has 0 aromatic rings. The number of hydrogen-bond acceptors (Lipinski definition) is 2. The number of allylic oxidation sites excluding steroid dienone is 2. The molecule has 0 heterocycles. The average Bonchev–Trinajstić information content (AvgIpc) is 1.62. The van der Waals surface area contributed by atoms with Crippen LogP contribution in [0.4, 0.5) is 0 Å². The second-order valence-electron chi connectivity index (χ2n) is 1.58. The van der Waals surface area contributed by atoms with Gasteiger partial charge in [0, 0.05) is 0 Å². The fourth-order valence-electron chi connectivity index (χ4n) is 0.283. The second-order valence-corrected chi connectivity index (χ2v) is 2.85. The molecule has 0 rings (SSSR count). The molecule has 3 nitrogen and oxygen atoms in total. The minimum absolute atomic E-state index is 0. The third-order valence-corrected chi connectivity index (χ3v) is 1.33. The van der Waals surface area contributed by atoms with Gasteiger partial charge >= 0.3 is 51.4 Å². The Hall–Kier alpha value is 1.03. The normalized spacial score (nSPS) is 12.0. The fourth-order valence-corrected chi connectivity index (χ4v) is 0.849. The first-order valence-electron chi connectivity index (χ1n) is 2.24. The Kier molecular flexibility index (Phi) is 7.68. The Morgan fingerprint density at radius 3 is 2.20 bits per heavy atom. The van der Waals surface area contributed by atoms with Gasteiger partial charge in [0.15, 0.2) is 0 Å². The van der Waals surface area contributed by atoms with Gasteiger partial charge in [0.2, 0.25) is 0 Å². The fraction of sp³-hybridized carbons (Fsp3) is 0.200. The van der Waals surface area contributed by atoms with E-state index in [1.165, 1.54) is 13.0 Å². The van der Waals surface area contributed by atoms with Crippen LogP contribution in [0.3, 0.4) is 0 Å². The minimum Gasteiger partial charge on any atom is -1.00 e. The van der Waals surface area contributed by atoms with Gasteiger partial charge in [0.1, 0.15) is 0 Å². The molecule has 10 heavy (non-hydrogen) atoms. The van der Waals surface area contributed by atoms with Crippen molar-refractivity contribution in [2.75, 3.05) is 0 Å². The maximum Gasteiger partial charge on any atom is 1.00 e. The molecule has 0 atom stereocenters. The molecule has 1 N–H and O–H groups in total. The summed E-state index contributed by atoms with van der Waals surface area (Å²) < 4.78 is 28.2. The van der Waals surface area contributed by atoms with Crippen molar-refractivity contribution in [1.29, 1.82) is 0 Å². The van der Waals surface area contributed by atoms with Gasteiger partial charge in [0.05, 0.1) is 5.41 Å². The first kappa shape index (κ1) is 13.6.